The number of nitrogens with one attached hydrogen (secondary N) is 1. The summed E-state index contributed by atoms with van der Waals surface area (Å²) in [6.45, 7) is 5.92. The van der Waals surface area contributed by atoms with Crippen molar-refractivity contribution in [2.45, 2.75) is 19.5 Å². The molecule has 0 radical (unpaired) electrons. The Morgan fingerprint density at radius 1 is 1.00 bits per heavy atom. The highest BCUT2D eigenvalue weighted by Gasteiger charge is 2.26. The van der Waals surface area contributed by atoms with E-state index >= 15 is 0 Å². The van der Waals surface area contributed by atoms with Gasteiger partial charge in [0.05, 0.1) is 25.9 Å². The minimum atomic E-state index is -0.155. The van der Waals surface area contributed by atoms with Gasteiger partial charge in [0, 0.05) is 32.7 Å². The highest BCUT2D eigenvalue weighted by Crippen LogP contribution is 2.28. The zero-order valence-corrected chi connectivity index (χ0v) is 16.9. The molecule has 1 aliphatic rings. The minimum absolute atomic E-state index is 0.0570. The number of hydrogen-bond donors (Lipinski definition) is 1. The van der Waals surface area contributed by atoms with E-state index in [0.29, 0.717) is 6.54 Å². The average molecular weight is 383 g/mol. The molecule has 3 rings (SSSR count). The minimum Gasteiger partial charge on any atom is -0.497 e. The molecule has 0 bridgehead atoms. The number of rotatable bonds is 7. The molecule has 1 unspecified atom stereocenters. The van der Waals surface area contributed by atoms with Gasteiger partial charge in [-0.25, -0.2) is 0 Å². The molecule has 0 spiro atoms. The first-order chi connectivity index (χ1) is 13.6. The first kappa shape index (κ1) is 20.0. The number of benzene rings is 2. The van der Waals surface area contributed by atoms with Crippen LogP contribution < -0.4 is 19.7 Å². The van der Waals surface area contributed by atoms with Crippen molar-refractivity contribution < 1.29 is 14.3 Å². The van der Waals surface area contributed by atoms with Gasteiger partial charge in [-0.2, -0.15) is 0 Å². The van der Waals surface area contributed by atoms with Crippen LogP contribution in [0.5, 0.6) is 11.5 Å². The second kappa shape index (κ2) is 9.46. The third-order valence-corrected chi connectivity index (χ3v) is 5.29. The zero-order chi connectivity index (χ0) is 19.9. The van der Waals surface area contributed by atoms with Crippen LogP contribution in [0.2, 0.25) is 0 Å². The molecule has 1 fully saturated rings. The number of para-hydroxylation sites is 2. The molecule has 1 heterocycles. The number of carbonyl (C=O) groups is 1. The van der Waals surface area contributed by atoms with Crippen LogP contribution in [-0.4, -0.2) is 57.2 Å². The van der Waals surface area contributed by atoms with Gasteiger partial charge in [0.15, 0.2) is 0 Å². The van der Waals surface area contributed by atoms with Gasteiger partial charge < -0.3 is 19.7 Å². The van der Waals surface area contributed by atoms with Gasteiger partial charge in [0.2, 0.25) is 5.91 Å². The number of methoxy groups -OCH3 is 2. The maximum atomic E-state index is 12.6. The number of piperazine rings is 1. The lowest BCUT2D eigenvalue weighted by Gasteiger charge is -2.38. The number of anilines is 1. The molecule has 0 aromatic heterocycles. The van der Waals surface area contributed by atoms with Crippen molar-refractivity contribution in [2.75, 3.05) is 45.3 Å². The summed E-state index contributed by atoms with van der Waals surface area (Å²) in [5.41, 5.74) is 2.17. The van der Waals surface area contributed by atoms with Crippen LogP contribution in [0.4, 0.5) is 5.69 Å². The molecule has 1 saturated heterocycles. The van der Waals surface area contributed by atoms with E-state index in [2.05, 4.69) is 21.2 Å². The molecule has 1 atom stereocenters. The fourth-order valence-electron chi connectivity index (χ4n) is 3.49. The van der Waals surface area contributed by atoms with E-state index in [4.69, 9.17) is 9.47 Å². The molecule has 1 N–H and O–H groups in total. The quantitative estimate of drug-likeness (QED) is 0.796. The van der Waals surface area contributed by atoms with Crippen molar-refractivity contribution >= 4 is 11.6 Å². The molecule has 150 valence electrons. The van der Waals surface area contributed by atoms with Crippen LogP contribution >= 0.6 is 0 Å². The molecular weight excluding hydrogens is 354 g/mol. The van der Waals surface area contributed by atoms with Gasteiger partial charge in [-0.05, 0) is 36.8 Å². The molecular formula is C22H29N3O3. The summed E-state index contributed by atoms with van der Waals surface area (Å²) in [6.07, 6.45) is 0. The Labute approximate surface area is 167 Å². The second-order valence-electron chi connectivity index (χ2n) is 6.94. The first-order valence-corrected chi connectivity index (χ1v) is 9.65. The molecule has 6 nitrogen and oxygen atoms in total. The summed E-state index contributed by atoms with van der Waals surface area (Å²) in [6, 6.07) is 15.7. The Balaban J connectivity index is 1.49. The van der Waals surface area contributed by atoms with Gasteiger partial charge in [0.25, 0.3) is 0 Å². The molecule has 28 heavy (non-hydrogen) atoms. The van der Waals surface area contributed by atoms with Crippen LogP contribution in [0.25, 0.3) is 0 Å². The number of carbonyl (C=O) groups excluding carboxylic acids is 1. The van der Waals surface area contributed by atoms with E-state index < -0.39 is 0 Å². The van der Waals surface area contributed by atoms with Crippen LogP contribution in [0.3, 0.4) is 0 Å². The Morgan fingerprint density at radius 3 is 2.32 bits per heavy atom. The van der Waals surface area contributed by atoms with E-state index in [0.717, 1.165) is 48.9 Å². The van der Waals surface area contributed by atoms with E-state index in [1.165, 1.54) is 0 Å². The van der Waals surface area contributed by atoms with E-state index in [1.54, 1.807) is 14.2 Å². The van der Waals surface area contributed by atoms with Gasteiger partial charge in [0.1, 0.15) is 11.5 Å². The number of nitrogens with zero attached hydrogens (tertiary/aromatic N) is 2. The smallest absolute Gasteiger partial charge is 0.237 e. The van der Waals surface area contributed by atoms with Crippen LogP contribution in [0.1, 0.15) is 12.5 Å². The normalized spacial score (nSPS) is 15.8. The van der Waals surface area contributed by atoms with Gasteiger partial charge in [-0.15, -0.1) is 0 Å². The van der Waals surface area contributed by atoms with E-state index in [9.17, 15) is 4.79 Å². The highest BCUT2D eigenvalue weighted by molar-refractivity contribution is 5.81. The number of hydrogen-bond acceptors (Lipinski definition) is 5. The molecule has 6 heteroatoms. The Hall–Kier alpha value is -2.73. The SMILES string of the molecule is COc1ccc(CNC(=O)C(C)N2CCN(c3ccccc3OC)CC2)cc1. The zero-order valence-electron chi connectivity index (χ0n) is 16.9. The second-order valence-corrected chi connectivity index (χ2v) is 6.94. The maximum absolute atomic E-state index is 12.6. The molecule has 2 aromatic carbocycles. The number of amides is 1. The summed E-state index contributed by atoms with van der Waals surface area (Å²) < 4.78 is 10.6. The summed E-state index contributed by atoms with van der Waals surface area (Å²) >= 11 is 0. The van der Waals surface area contributed by atoms with Crippen molar-refractivity contribution in [1.82, 2.24) is 10.2 Å². The third-order valence-electron chi connectivity index (χ3n) is 5.29. The molecule has 0 aliphatic carbocycles. The summed E-state index contributed by atoms with van der Waals surface area (Å²) in [7, 11) is 3.34. The predicted molar refractivity (Wildman–Crippen MR) is 111 cm³/mol. The lowest BCUT2D eigenvalue weighted by atomic mass is 10.1. The summed E-state index contributed by atoms with van der Waals surface area (Å²) in [5.74, 6) is 1.76. The fourth-order valence-corrected chi connectivity index (χ4v) is 3.49. The third kappa shape index (κ3) is 4.75. The summed E-state index contributed by atoms with van der Waals surface area (Å²) in [5, 5.41) is 3.04. The van der Waals surface area contributed by atoms with Crippen molar-refractivity contribution in [3.8, 4) is 11.5 Å². The van der Waals surface area contributed by atoms with Crippen LogP contribution in [-0.2, 0) is 11.3 Å². The maximum Gasteiger partial charge on any atom is 0.237 e. The van der Waals surface area contributed by atoms with Crippen LogP contribution in [0.15, 0.2) is 48.5 Å². The van der Waals surface area contributed by atoms with Crippen molar-refractivity contribution in [2.24, 2.45) is 0 Å². The van der Waals surface area contributed by atoms with Crippen molar-refractivity contribution in [3.63, 3.8) is 0 Å². The van der Waals surface area contributed by atoms with Gasteiger partial charge in [-0.3, -0.25) is 9.69 Å². The topological polar surface area (TPSA) is 54.0 Å². The van der Waals surface area contributed by atoms with Crippen molar-refractivity contribution in [1.29, 1.82) is 0 Å². The van der Waals surface area contributed by atoms with Gasteiger partial charge >= 0.3 is 0 Å². The lowest BCUT2D eigenvalue weighted by molar-refractivity contribution is -0.126. The predicted octanol–water partition coefficient (Wildman–Crippen LogP) is 2.53. The average Bonchev–Trinajstić information content (AvgIpc) is 2.77. The molecule has 0 saturated carbocycles. The van der Waals surface area contributed by atoms with E-state index in [-0.39, 0.29) is 11.9 Å². The van der Waals surface area contributed by atoms with Gasteiger partial charge in [-0.1, -0.05) is 24.3 Å². The lowest BCUT2D eigenvalue weighted by Crippen LogP contribution is -2.53. The Kier molecular flexibility index (Phi) is 6.76. The summed E-state index contributed by atoms with van der Waals surface area (Å²) in [4.78, 5) is 17.1. The number of ether oxygens (including phenoxy) is 2. The molecule has 1 aliphatic heterocycles. The fraction of sp³-hybridized carbons (Fsp3) is 0.409. The molecule has 2 aromatic rings. The molecule has 1 amide bonds. The Morgan fingerprint density at radius 2 is 1.68 bits per heavy atom. The Bertz CT molecular complexity index is 771. The standard InChI is InChI=1S/C22H29N3O3/c1-17(22(26)23-16-18-8-10-19(27-2)11-9-18)24-12-14-25(15-13-24)20-6-4-5-7-21(20)28-3/h4-11,17H,12-16H2,1-3H3,(H,23,26). The highest BCUT2D eigenvalue weighted by atomic mass is 16.5. The van der Waals surface area contributed by atoms with Crippen LogP contribution in [0, 0.1) is 0 Å². The largest absolute Gasteiger partial charge is 0.497 e. The van der Waals surface area contributed by atoms with E-state index in [1.807, 2.05) is 49.4 Å². The van der Waals surface area contributed by atoms with Crippen molar-refractivity contribution in [3.05, 3.63) is 54.1 Å². The first-order valence-electron chi connectivity index (χ1n) is 9.65. The monoisotopic (exact) mass is 383 g/mol.